The molecule has 0 amide bonds. The molecule has 2 aromatic rings. The molecule has 1 atom stereocenters. The minimum absolute atomic E-state index is 0. The van der Waals surface area contributed by atoms with Gasteiger partial charge in [0.2, 0.25) is 0 Å². The number of likely N-dealkylation sites (tertiary alicyclic amines) is 1. The Hall–Kier alpha value is -1.01. The van der Waals surface area contributed by atoms with Crippen molar-refractivity contribution in [2.24, 2.45) is 5.92 Å². The smallest absolute Gasteiger partial charge is 0.127 e. The van der Waals surface area contributed by atoms with Crippen molar-refractivity contribution in [3.63, 3.8) is 0 Å². The van der Waals surface area contributed by atoms with Crippen molar-refractivity contribution in [2.45, 2.75) is 70.5 Å². The van der Waals surface area contributed by atoms with Crippen LogP contribution in [-0.2, 0) is 6.54 Å². The third-order valence-electron chi connectivity index (χ3n) is 8.34. The summed E-state index contributed by atoms with van der Waals surface area (Å²) in [5, 5.41) is 0. The zero-order valence-corrected chi connectivity index (χ0v) is 24.8. The number of piperidine rings is 1. The molecule has 37 heavy (non-hydrogen) atoms. The Balaban J connectivity index is 0.00000160. The third-order valence-corrected chi connectivity index (χ3v) is 8.34. The van der Waals surface area contributed by atoms with E-state index in [1.807, 2.05) is 30.3 Å². The van der Waals surface area contributed by atoms with Gasteiger partial charge in [-0.1, -0.05) is 49.6 Å². The molecule has 1 unspecified atom stereocenters. The van der Waals surface area contributed by atoms with Crippen LogP contribution >= 0.6 is 37.2 Å². The van der Waals surface area contributed by atoms with E-state index in [0.29, 0.717) is 6.04 Å². The number of ether oxygens (including phenoxy) is 1. The van der Waals surface area contributed by atoms with Gasteiger partial charge in [0.25, 0.3) is 0 Å². The first-order valence-electron chi connectivity index (χ1n) is 13.8. The number of hydrogen-bond donors (Lipinski definition) is 0. The van der Waals surface area contributed by atoms with Gasteiger partial charge in [-0.25, -0.2) is 0 Å². The predicted molar refractivity (Wildman–Crippen MR) is 162 cm³/mol. The Morgan fingerprint density at radius 2 is 1.35 bits per heavy atom. The molecule has 5 rings (SSSR count). The van der Waals surface area contributed by atoms with Crippen molar-refractivity contribution in [2.75, 3.05) is 39.3 Å². The molecule has 208 valence electrons. The van der Waals surface area contributed by atoms with Crippen molar-refractivity contribution < 1.29 is 4.74 Å². The molecule has 1 saturated carbocycles. The summed E-state index contributed by atoms with van der Waals surface area (Å²) in [6.45, 7) is 11.1. The van der Waals surface area contributed by atoms with Gasteiger partial charge < -0.3 is 9.64 Å². The molecule has 3 aliphatic rings. The Kier molecular flexibility index (Phi) is 14.1. The summed E-state index contributed by atoms with van der Waals surface area (Å²) in [5.74, 6) is 2.77. The molecule has 1 aliphatic carbocycles. The lowest BCUT2D eigenvalue weighted by molar-refractivity contribution is 0.0142. The maximum absolute atomic E-state index is 5.94. The van der Waals surface area contributed by atoms with Crippen molar-refractivity contribution in [3.8, 4) is 11.5 Å². The van der Waals surface area contributed by atoms with Crippen molar-refractivity contribution in [1.29, 1.82) is 0 Å². The first-order chi connectivity index (χ1) is 16.7. The summed E-state index contributed by atoms with van der Waals surface area (Å²) < 4.78 is 5.94. The minimum Gasteiger partial charge on any atom is -0.457 e. The first-order valence-corrected chi connectivity index (χ1v) is 13.8. The summed E-state index contributed by atoms with van der Waals surface area (Å²) in [7, 11) is 0. The number of halogens is 3. The molecule has 3 fully saturated rings. The Morgan fingerprint density at radius 1 is 0.703 bits per heavy atom. The number of piperazine rings is 1. The van der Waals surface area contributed by atoms with E-state index in [0.717, 1.165) is 30.0 Å². The fourth-order valence-electron chi connectivity index (χ4n) is 6.45. The quantitative estimate of drug-likeness (QED) is 0.348. The van der Waals surface area contributed by atoms with Crippen LogP contribution in [0.5, 0.6) is 11.5 Å². The molecule has 2 heterocycles. The van der Waals surface area contributed by atoms with Gasteiger partial charge in [-0.05, 0) is 81.4 Å². The molecular formula is C30H46Cl3N3O. The molecule has 4 nitrogen and oxygen atoms in total. The SMILES string of the molecule is CC1CN(CC2CCCCC2)CCN1C1CCN(Cc2ccc(Oc3ccccc3)cc2)CC1.Cl.Cl.Cl. The fourth-order valence-corrected chi connectivity index (χ4v) is 6.45. The van der Waals surface area contributed by atoms with Crippen LogP contribution in [0.4, 0.5) is 0 Å². The summed E-state index contributed by atoms with van der Waals surface area (Å²) in [5.41, 5.74) is 1.38. The largest absolute Gasteiger partial charge is 0.457 e. The Morgan fingerprint density at radius 3 is 2.00 bits per heavy atom. The molecule has 0 N–H and O–H groups in total. The molecule has 2 aliphatic heterocycles. The summed E-state index contributed by atoms with van der Waals surface area (Å²) in [4.78, 5) is 8.25. The zero-order chi connectivity index (χ0) is 23.2. The lowest BCUT2D eigenvalue weighted by atomic mass is 9.88. The van der Waals surface area contributed by atoms with E-state index in [2.05, 4.69) is 45.9 Å². The number of nitrogens with zero attached hydrogens (tertiary/aromatic N) is 3. The Labute approximate surface area is 243 Å². The van der Waals surface area contributed by atoms with Crippen LogP contribution in [0.25, 0.3) is 0 Å². The van der Waals surface area contributed by atoms with Gasteiger partial charge >= 0.3 is 0 Å². The fraction of sp³-hybridized carbons (Fsp3) is 0.600. The normalized spacial score (nSPS) is 22.4. The van der Waals surface area contributed by atoms with E-state index in [1.54, 1.807) is 0 Å². The van der Waals surface area contributed by atoms with Crippen LogP contribution in [0, 0.1) is 5.92 Å². The highest BCUT2D eigenvalue weighted by molar-refractivity contribution is 5.86. The summed E-state index contributed by atoms with van der Waals surface area (Å²) >= 11 is 0. The van der Waals surface area contributed by atoms with Gasteiger partial charge in [0.05, 0.1) is 0 Å². The van der Waals surface area contributed by atoms with Crippen LogP contribution in [0.2, 0.25) is 0 Å². The predicted octanol–water partition coefficient (Wildman–Crippen LogP) is 7.30. The van der Waals surface area contributed by atoms with Crippen molar-refractivity contribution in [3.05, 3.63) is 60.2 Å². The van der Waals surface area contributed by atoms with E-state index in [9.17, 15) is 0 Å². The highest BCUT2D eigenvalue weighted by Crippen LogP contribution is 2.27. The highest BCUT2D eigenvalue weighted by Gasteiger charge is 2.32. The molecule has 2 saturated heterocycles. The van der Waals surface area contributed by atoms with E-state index in [1.165, 1.54) is 89.8 Å². The summed E-state index contributed by atoms with van der Waals surface area (Å²) in [6.07, 6.45) is 9.94. The molecule has 0 radical (unpaired) electrons. The van der Waals surface area contributed by atoms with E-state index in [-0.39, 0.29) is 37.2 Å². The van der Waals surface area contributed by atoms with Crippen LogP contribution in [0.3, 0.4) is 0 Å². The number of para-hydroxylation sites is 1. The number of hydrogen-bond acceptors (Lipinski definition) is 4. The number of benzene rings is 2. The van der Waals surface area contributed by atoms with E-state index >= 15 is 0 Å². The van der Waals surface area contributed by atoms with Crippen molar-refractivity contribution >= 4 is 37.2 Å². The second kappa shape index (κ2) is 16.2. The van der Waals surface area contributed by atoms with Crippen LogP contribution in [0.1, 0.15) is 57.4 Å². The molecule has 2 aromatic carbocycles. The highest BCUT2D eigenvalue weighted by atomic mass is 35.5. The second-order valence-corrected chi connectivity index (χ2v) is 10.9. The maximum Gasteiger partial charge on any atom is 0.127 e. The minimum atomic E-state index is 0. The van der Waals surface area contributed by atoms with Crippen LogP contribution in [-0.4, -0.2) is 66.1 Å². The van der Waals surface area contributed by atoms with Gasteiger partial charge in [-0.3, -0.25) is 9.80 Å². The second-order valence-electron chi connectivity index (χ2n) is 10.9. The average Bonchev–Trinajstić information content (AvgIpc) is 2.87. The summed E-state index contributed by atoms with van der Waals surface area (Å²) in [6, 6.07) is 20.1. The molecular weight excluding hydrogens is 525 g/mol. The van der Waals surface area contributed by atoms with E-state index in [4.69, 9.17) is 4.74 Å². The molecule has 7 heteroatoms. The van der Waals surface area contributed by atoms with Gasteiger partial charge in [0.1, 0.15) is 11.5 Å². The lowest BCUT2D eigenvalue weighted by Gasteiger charge is -2.47. The lowest BCUT2D eigenvalue weighted by Crippen LogP contribution is -2.57. The monoisotopic (exact) mass is 569 g/mol. The van der Waals surface area contributed by atoms with E-state index < -0.39 is 0 Å². The van der Waals surface area contributed by atoms with Gasteiger partial charge in [0.15, 0.2) is 0 Å². The first kappa shape index (κ1) is 32.2. The van der Waals surface area contributed by atoms with Crippen LogP contribution < -0.4 is 4.74 Å². The maximum atomic E-state index is 5.94. The van der Waals surface area contributed by atoms with Gasteiger partial charge in [0, 0.05) is 44.8 Å². The molecule has 0 spiro atoms. The van der Waals surface area contributed by atoms with Crippen molar-refractivity contribution in [1.82, 2.24) is 14.7 Å². The standard InChI is InChI=1S/C30H43N3O.3ClH/c1-25-22-32(24-26-8-4-2-5-9-26)20-21-33(25)28-16-18-31(19-17-28)23-27-12-14-30(15-13-27)34-29-10-6-3-7-11-29;;;/h3,6-7,10-15,25-26,28H,2,4-5,8-9,16-24H2,1H3;3*1H. The van der Waals surface area contributed by atoms with Crippen LogP contribution in [0.15, 0.2) is 54.6 Å². The third kappa shape index (κ3) is 9.30. The molecule has 0 aromatic heterocycles. The Bertz CT molecular complexity index is 871. The zero-order valence-electron chi connectivity index (χ0n) is 22.3. The van der Waals surface area contributed by atoms with Gasteiger partial charge in [-0.2, -0.15) is 0 Å². The number of rotatable bonds is 7. The average molecular weight is 571 g/mol. The topological polar surface area (TPSA) is 19.0 Å². The molecule has 0 bridgehead atoms. The van der Waals surface area contributed by atoms with Gasteiger partial charge in [-0.15, -0.1) is 37.2 Å².